The topological polar surface area (TPSA) is 35.2 Å². The lowest BCUT2D eigenvalue weighted by molar-refractivity contribution is 0.242. The molecule has 2 rings (SSSR count). The molecule has 2 nitrogen and oxygen atoms in total. The van der Waals surface area contributed by atoms with Gasteiger partial charge in [0.2, 0.25) is 0 Å². The van der Waals surface area contributed by atoms with Crippen LogP contribution >= 0.6 is 0 Å². The molecule has 0 aliphatic carbocycles. The van der Waals surface area contributed by atoms with Gasteiger partial charge in [0.15, 0.2) is 0 Å². The normalized spacial score (nSPS) is 10.7. The Morgan fingerprint density at radius 3 is 1.83 bits per heavy atom. The van der Waals surface area contributed by atoms with Gasteiger partial charge in [-0.25, -0.2) is 0 Å². The summed E-state index contributed by atoms with van der Waals surface area (Å²) in [6, 6.07) is 16.5. The molecule has 0 aliphatic heterocycles. The molecule has 94 valence electrons. The molecule has 0 spiro atoms. The highest BCUT2D eigenvalue weighted by atomic mass is 16.5. The van der Waals surface area contributed by atoms with E-state index >= 15 is 0 Å². The van der Waals surface area contributed by atoms with E-state index in [4.69, 9.17) is 10.5 Å². The van der Waals surface area contributed by atoms with E-state index in [1.807, 2.05) is 26.0 Å². The predicted molar refractivity (Wildman–Crippen MR) is 75.5 cm³/mol. The molecule has 0 aromatic heterocycles. The molecule has 18 heavy (non-hydrogen) atoms. The van der Waals surface area contributed by atoms with Crippen LogP contribution in [-0.2, 0) is 6.54 Å². The molecule has 0 saturated heterocycles. The van der Waals surface area contributed by atoms with Crippen LogP contribution in [0.15, 0.2) is 48.5 Å². The van der Waals surface area contributed by atoms with E-state index in [1.165, 1.54) is 11.1 Å². The zero-order valence-corrected chi connectivity index (χ0v) is 10.9. The van der Waals surface area contributed by atoms with Gasteiger partial charge in [0.05, 0.1) is 6.10 Å². The predicted octanol–water partition coefficient (Wildman–Crippen LogP) is 3.60. The van der Waals surface area contributed by atoms with Gasteiger partial charge in [-0.3, -0.25) is 0 Å². The lowest BCUT2D eigenvalue weighted by atomic mass is 10.0. The zero-order valence-electron chi connectivity index (χ0n) is 10.9. The molecule has 2 aromatic carbocycles. The van der Waals surface area contributed by atoms with Gasteiger partial charge in [0, 0.05) is 6.54 Å². The van der Waals surface area contributed by atoms with Gasteiger partial charge in [0.1, 0.15) is 5.75 Å². The first-order valence-electron chi connectivity index (χ1n) is 6.25. The van der Waals surface area contributed by atoms with Crippen molar-refractivity contribution in [3.05, 3.63) is 54.1 Å². The molecule has 0 atom stereocenters. The Hall–Kier alpha value is -1.80. The van der Waals surface area contributed by atoms with Crippen LogP contribution in [0.1, 0.15) is 19.4 Å². The van der Waals surface area contributed by atoms with E-state index in [0.29, 0.717) is 6.54 Å². The lowest BCUT2D eigenvalue weighted by Gasteiger charge is -2.10. The first-order valence-corrected chi connectivity index (χ1v) is 6.25. The van der Waals surface area contributed by atoms with Gasteiger partial charge in [-0.15, -0.1) is 0 Å². The average Bonchev–Trinajstić information content (AvgIpc) is 2.39. The Bertz CT molecular complexity index is 486. The van der Waals surface area contributed by atoms with Crippen LogP contribution in [0.3, 0.4) is 0 Å². The Labute approximate surface area is 108 Å². The van der Waals surface area contributed by atoms with Crippen LogP contribution in [0, 0.1) is 0 Å². The van der Waals surface area contributed by atoms with Crippen molar-refractivity contribution < 1.29 is 4.74 Å². The van der Waals surface area contributed by atoms with E-state index in [1.54, 1.807) is 0 Å². The minimum absolute atomic E-state index is 0.208. The van der Waals surface area contributed by atoms with Crippen molar-refractivity contribution in [1.82, 2.24) is 0 Å². The Kier molecular flexibility index (Phi) is 4.00. The van der Waals surface area contributed by atoms with Crippen LogP contribution < -0.4 is 10.5 Å². The van der Waals surface area contributed by atoms with Crippen molar-refractivity contribution in [1.29, 1.82) is 0 Å². The van der Waals surface area contributed by atoms with Gasteiger partial charge >= 0.3 is 0 Å². The summed E-state index contributed by atoms with van der Waals surface area (Å²) in [5.41, 5.74) is 9.13. The molecule has 2 N–H and O–H groups in total. The number of rotatable bonds is 4. The summed E-state index contributed by atoms with van der Waals surface area (Å²) in [7, 11) is 0. The van der Waals surface area contributed by atoms with Crippen LogP contribution in [0.2, 0.25) is 0 Å². The first kappa shape index (κ1) is 12.7. The molecule has 0 unspecified atom stereocenters. The fourth-order valence-corrected chi connectivity index (χ4v) is 1.83. The maximum Gasteiger partial charge on any atom is 0.119 e. The second-order valence-electron chi connectivity index (χ2n) is 4.59. The van der Waals surface area contributed by atoms with Crippen molar-refractivity contribution in [3.8, 4) is 16.9 Å². The highest BCUT2D eigenvalue weighted by molar-refractivity contribution is 5.64. The highest BCUT2D eigenvalue weighted by Crippen LogP contribution is 2.23. The second-order valence-corrected chi connectivity index (χ2v) is 4.59. The number of nitrogens with two attached hydrogens (primary N) is 1. The number of ether oxygens (including phenoxy) is 1. The van der Waals surface area contributed by atoms with Gasteiger partial charge in [-0.1, -0.05) is 36.4 Å². The van der Waals surface area contributed by atoms with E-state index in [0.717, 1.165) is 11.3 Å². The summed E-state index contributed by atoms with van der Waals surface area (Å²) in [5, 5.41) is 0. The maximum absolute atomic E-state index is 5.63. The third kappa shape index (κ3) is 3.11. The van der Waals surface area contributed by atoms with E-state index in [9.17, 15) is 0 Å². The summed E-state index contributed by atoms with van der Waals surface area (Å²) in [4.78, 5) is 0. The molecular weight excluding hydrogens is 222 g/mol. The monoisotopic (exact) mass is 241 g/mol. The average molecular weight is 241 g/mol. The number of hydrogen-bond donors (Lipinski definition) is 1. The first-order chi connectivity index (χ1) is 8.69. The Morgan fingerprint density at radius 1 is 0.889 bits per heavy atom. The summed E-state index contributed by atoms with van der Waals surface area (Å²) in [5.74, 6) is 0.910. The summed E-state index contributed by atoms with van der Waals surface area (Å²) in [6.45, 7) is 4.64. The molecule has 0 bridgehead atoms. The van der Waals surface area contributed by atoms with E-state index in [-0.39, 0.29) is 6.10 Å². The third-order valence-corrected chi connectivity index (χ3v) is 2.75. The number of benzene rings is 2. The molecule has 0 amide bonds. The molecule has 0 aliphatic rings. The fraction of sp³-hybridized carbons (Fsp3) is 0.250. The van der Waals surface area contributed by atoms with Crippen molar-refractivity contribution in [2.45, 2.75) is 26.5 Å². The van der Waals surface area contributed by atoms with Crippen LogP contribution in [0.25, 0.3) is 11.1 Å². The molecule has 0 fully saturated rings. The molecule has 2 heteroatoms. The summed E-state index contributed by atoms with van der Waals surface area (Å²) < 4.78 is 5.63. The third-order valence-electron chi connectivity index (χ3n) is 2.75. The standard InChI is InChI=1S/C16H19NO/c1-12(2)18-16-9-7-15(8-10-16)14-5-3-13(11-17)4-6-14/h3-10,12H,11,17H2,1-2H3. The zero-order chi connectivity index (χ0) is 13.0. The van der Waals surface area contributed by atoms with Gasteiger partial charge in [-0.2, -0.15) is 0 Å². The van der Waals surface area contributed by atoms with Gasteiger partial charge in [-0.05, 0) is 42.7 Å². The maximum atomic E-state index is 5.63. The van der Waals surface area contributed by atoms with Gasteiger partial charge in [0.25, 0.3) is 0 Å². The largest absolute Gasteiger partial charge is 0.491 e. The second kappa shape index (κ2) is 5.69. The molecule has 0 saturated carbocycles. The minimum Gasteiger partial charge on any atom is -0.491 e. The molecular formula is C16H19NO. The summed E-state index contributed by atoms with van der Waals surface area (Å²) in [6.07, 6.45) is 0.208. The minimum atomic E-state index is 0.208. The Morgan fingerprint density at radius 2 is 1.39 bits per heavy atom. The highest BCUT2D eigenvalue weighted by Gasteiger charge is 2.00. The molecule has 0 heterocycles. The smallest absolute Gasteiger partial charge is 0.119 e. The van der Waals surface area contributed by atoms with Crippen LogP contribution in [0.4, 0.5) is 0 Å². The van der Waals surface area contributed by atoms with Crippen molar-refractivity contribution in [3.63, 3.8) is 0 Å². The van der Waals surface area contributed by atoms with Crippen LogP contribution in [0.5, 0.6) is 5.75 Å². The van der Waals surface area contributed by atoms with Crippen LogP contribution in [-0.4, -0.2) is 6.10 Å². The van der Waals surface area contributed by atoms with Gasteiger partial charge < -0.3 is 10.5 Å². The van der Waals surface area contributed by atoms with E-state index < -0.39 is 0 Å². The molecule has 2 aromatic rings. The van der Waals surface area contributed by atoms with Crippen molar-refractivity contribution >= 4 is 0 Å². The van der Waals surface area contributed by atoms with Crippen molar-refractivity contribution in [2.75, 3.05) is 0 Å². The SMILES string of the molecule is CC(C)Oc1ccc(-c2ccc(CN)cc2)cc1. The molecule has 0 radical (unpaired) electrons. The number of hydrogen-bond acceptors (Lipinski definition) is 2. The summed E-state index contributed by atoms with van der Waals surface area (Å²) >= 11 is 0. The quantitative estimate of drug-likeness (QED) is 0.887. The van der Waals surface area contributed by atoms with E-state index in [2.05, 4.69) is 36.4 Å². The Balaban J connectivity index is 2.17. The lowest BCUT2D eigenvalue weighted by Crippen LogP contribution is -2.05. The fourth-order valence-electron chi connectivity index (χ4n) is 1.83. The van der Waals surface area contributed by atoms with Crippen molar-refractivity contribution in [2.24, 2.45) is 5.73 Å².